The van der Waals surface area contributed by atoms with Crippen molar-refractivity contribution in [1.82, 2.24) is 9.80 Å². The molecular weight excluding hydrogens is 276 g/mol. The Bertz CT molecular complexity index is 498. The van der Waals surface area contributed by atoms with Crippen LogP contribution in [-0.4, -0.2) is 48.3 Å². The van der Waals surface area contributed by atoms with E-state index < -0.39 is 0 Å². The summed E-state index contributed by atoms with van der Waals surface area (Å²) < 4.78 is 0. The fraction of sp³-hybridized carbons (Fsp3) is 0.467. The molecular formula is C15H19ClN2O2. The number of likely N-dealkylation sites (N-methyl/N-ethyl adjacent to an activating group) is 1. The molecule has 0 radical (unpaired) electrons. The molecule has 0 atom stereocenters. The zero-order valence-electron chi connectivity index (χ0n) is 11.6. The van der Waals surface area contributed by atoms with Gasteiger partial charge in [-0.2, -0.15) is 0 Å². The minimum atomic E-state index is -0.149. The maximum atomic E-state index is 12.3. The van der Waals surface area contributed by atoms with Crippen LogP contribution in [0.4, 0.5) is 0 Å². The van der Waals surface area contributed by atoms with E-state index in [2.05, 4.69) is 0 Å². The molecule has 0 N–H and O–H groups in total. The first-order valence-electron chi connectivity index (χ1n) is 6.80. The Morgan fingerprint density at radius 1 is 1.30 bits per heavy atom. The monoisotopic (exact) mass is 294 g/mol. The number of halogens is 1. The van der Waals surface area contributed by atoms with Gasteiger partial charge in [-0.3, -0.25) is 9.59 Å². The van der Waals surface area contributed by atoms with Crippen molar-refractivity contribution in [2.45, 2.75) is 18.7 Å². The number of hydrogen-bond donors (Lipinski definition) is 0. The topological polar surface area (TPSA) is 40.6 Å². The third-order valence-electron chi connectivity index (χ3n) is 3.51. The van der Waals surface area contributed by atoms with Crippen LogP contribution < -0.4 is 0 Å². The average molecular weight is 295 g/mol. The number of carbonyl (C=O) groups is 2. The summed E-state index contributed by atoms with van der Waals surface area (Å²) in [5.41, 5.74) is 1.47. The van der Waals surface area contributed by atoms with Gasteiger partial charge in [0.05, 0.1) is 6.54 Å². The van der Waals surface area contributed by atoms with E-state index in [4.69, 9.17) is 11.6 Å². The van der Waals surface area contributed by atoms with Gasteiger partial charge < -0.3 is 9.80 Å². The molecule has 0 saturated carbocycles. The van der Waals surface area contributed by atoms with Gasteiger partial charge in [0.2, 0.25) is 5.91 Å². The van der Waals surface area contributed by atoms with Crippen LogP contribution in [0, 0.1) is 0 Å². The molecule has 108 valence electrons. The minimum absolute atomic E-state index is 0.0202. The number of benzene rings is 1. The molecule has 1 aliphatic heterocycles. The maximum absolute atomic E-state index is 12.3. The summed E-state index contributed by atoms with van der Waals surface area (Å²) >= 11 is 5.77. The lowest BCUT2D eigenvalue weighted by molar-refractivity contribution is -0.130. The van der Waals surface area contributed by atoms with Gasteiger partial charge >= 0.3 is 0 Å². The predicted octanol–water partition coefficient (Wildman–Crippen LogP) is 2.12. The zero-order valence-corrected chi connectivity index (χ0v) is 12.4. The van der Waals surface area contributed by atoms with Crippen molar-refractivity contribution in [2.24, 2.45) is 0 Å². The second kappa shape index (κ2) is 6.75. The fourth-order valence-electron chi connectivity index (χ4n) is 2.35. The molecule has 20 heavy (non-hydrogen) atoms. The molecule has 1 aromatic rings. The second-order valence-corrected chi connectivity index (χ2v) is 5.35. The first kappa shape index (κ1) is 14.9. The standard InChI is InChI=1S/C15H19ClN2O2/c1-17(11-14(19)18-7-2-3-8-18)15(20)13-6-4-5-12(9-13)10-16/h4-6,9H,2-3,7-8,10-11H2,1H3. The Kier molecular flexibility index (Phi) is 5.01. The highest BCUT2D eigenvalue weighted by Crippen LogP contribution is 2.11. The number of rotatable bonds is 4. The lowest BCUT2D eigenvalue weighted by Crippen LogP contribution is -2.39. The first-order chi connectivity index (χ1) is 9.61. The van der Waals surface area contributed by atoms with Crippen molar-refractivity contribution in [3.63, 3.8) is 0 Å². The van der Waals surface area contributed by atoms with Gasteiger partial charge in [0.15, 0.2) is 0 Å². The van der Waals surface area contributed by atoms with Crippen LogP contribution in [0.5, 0.6) is 0 Å². The Morgan fingerprint density at radius 3 is 2.65 bits per heavy atom. The van der Waals surface area contributed by atoms with E-state index in [1.807, 2.05) is 11.0 Å². The Hall–Kier alpha value is -1.55. The van der Waals surface area contributed by atoms with Gasteiger partial charge in [0.25, 0.3) is 5.91 Å². The van der Waals surface area contributed by atoms with Gasteiger partial charge in [-0.1, -0.05) is 12.1 Å². The van der Waals surface area contributed by atoms with Crippen molar-refractivity contribution in [2.75, 3.05) is 26.7 Å². The summed E-state index contributed by atoms with van der Waals surface area (Å²) in [6, 6.07) is 7.20. The molecule has 1 aromatic carbocycles. The van der Waals surface area contributed by atoms with E-state index in [-0.39, 0.29) is 18.4 Å². The summed E-state index contributed by atoms with van der Waals surface area (Å²) in [4.78, 5) is 27.6. The molecule has 1 fully saturated rings. The number of amides is 2. The lowest BCUT2D eigenvalue weighted by atomic mass is 10.1. The predicted molar refractivity (Wildman–Crippen MR) is 78.8 cm³/mol. The summed E-state index contributed by atoms with van der Waals surface area (Å²) in [5.74, 6) is 0.244. The highest BCUT2D eigenvalue weighted by Gasteiger charge is 2.21. The molecule has 0 bridgehead atoms. The van der Waals surface area contributed by atoms with Crippen LogP contribution in [-0.2, 0) is 10.7 Å². The van der Waals surface area contributed by atoms with Gasteiger partial charge in [0, 0.05) is 31.6 Å². The summed E-state index contributed by atoms with van der Waals surface area (Å²) in [7, 11) is 1.66. The third-order valence-corrected chi connectivity index (χ3v) is 3.81. The second-order valence-electron chi connectivity index (χ2n) is 5.08. The van der Waals surface area contributed by atoms with Crippen molar-refractivity contribution in [3.8, 4) is 0 Å². The van der Waals surface area contributed by atoms with E-state index in [1.165, 1.54) is 4.90 Å². The SMILES string of the molecule is CN(CC(=O)N1CCCC1)C(=O)c1cccc(CCl)c1. The summed E-state index contributed by atoms with van der Waals surface area (Å²) in [6.45, 7) is 1.75. The van der Waals surface area contributed by atoms with Crippen LogP contribution in [0.1, 0.15) is 28.8 Å². The Labute approximate surface area is 124 Å². The molecule has 5 heteroatoms. The van der Waals surface area contributed by atoms with Gasteiger partial charge in [-0.15, -0.1) is 11.6 Å². The molecule has 0 unspecified atom stereocenters. The summed E-state index contributed by atoms with van der Waals surface area (Å²) in [6.07, 6.45) is 2.11. The highest BCUT2D eigenvalue weighted by molar-refractivity contribution is 6.17. The molecule has 0 aromatic heterocycles. The van der Waals surface area contributed by atoms with E-state index >= 15 is 0 Å². The van der Waals surface area contributed by atoms with E-state index in [0.29, 0.717) is 11.4 Å². The zero-order chi connectivity index (χ0) is 14.5. The number of hydrogen-bond acceptors (Lipinski definition) is 2. The third kappa shape index (κ3) is 3.51. The molecule has 2 rings (SSSR count). The smallest absolute Gasteiger partial charge is 0.254 e. The van der Waals surface area contributed by atoms with Crippen LogP contribution in [0.25, 0.3) is 0 Å². The van der Waals surface area contributed by atoms with Gasteiger partial charge in [-0.25, -0.2) is 0 Å². The quantitative estimate of drug-likeness (QED) is 0.798. The van der Waals surface area contributed by atoms with Crippen molar-refractivity contribution >= 4 is 23.4 Å². The van der Waals surface area contributed by atoms with E-state index in [0.717, 1.165) is 31.5 Å². The first-order valence-corrected chi connectivity index (χ1v) is 7.33. The van der Waals surface area contributed by atoms with Crippen molar-refractivity contribution in [1.29, 1.82) is 0 Å². The molecule has 2 amide bonds. The number of likely N-dealkylation sites (tertiary alicyclic amines) is 1. The fourth-order valence-corrected chi connectivity index (χ4v) is 2.52. The molecule has 0 spiro atoms. The molecule has 1 heterocycles. The Morgan fingerprint density at radius 2 is 2.00 bits per heavy atom. The average Bonchev–Trinajstić information content (AvgIpc) is 3.00. The van der Waals surface area contributed by atoms with E-state index in [9.17, 15) is 9.59 Å². The van der Waals surface area contributed by atoms with Gasteiger partial charge in [-0.05, 0) is 30.5 Å². The van der Waals surface area contributed by atoms with Crippen molar-refractivity contribution in [3.05, 3.63) is 35.4 Å². The maximum Gasteiger partial charge on any atom is 0.254 e. The number of alkyl halides is 1. The normalized spacial score (nSPS) is 14.4. The van der Waals surface area contributed by atoms with E-state index in [1.54, 1.807) is 25.2 Å². The van der Waals surface area contributed by atoms with Gasteiger partial charge in [0.1, 0.15) is 0 Å². The molecule has 4 nitrogen and oxygen atoms in total. The number of carbonyl (C=O) groups excluding carboxylic acids is 2. The highest BCUT2D eigenvalue weighted by atomic mass is 35.5. The van der Waals surface area contributed by atoms with Crippen LogP contribution in [0.2, 0.25) is 0 Å². The Balaban J connectivity index is 1.98. The van der Waals surface area contributed by atoms with Crippen LogP contribution in [0.3, 0.4) is 0 Å². The lowest BCUT2D eigenvalue weighted by Gasteiger charge is -2.21. The number of nitrogens with zero attached hydrogens (tertiary/aromatic N) is 2. The molecule has 1 saturated heterocycles. The minimum Gasteiger partial charge on any atom is -0.341 e. The molecule has 0 aliphatic carbocycles. The largest absolute Gasteiger partial charge is 0.341 e. The van der Waals surface area contributed by atoms with Crippen molar-refractivity contribution < 1.29 is 9.59 Å². The van der Waals surface area contributed by atoms with Crippen LogP contribution >= 0.6 is 11.6 Å². The molecule has 1 aliphatic rings. The van der Waals surface area contributed by atoms with Crippen LogP contribution in [0.15, 0.2) is 24.3 Å². The summed E-state index contributed by atoms with van der Waals surface area (Å²) in [5, 5.41) is 0.